The number of rotatable bonds is 8. The number of benzene rings is 1. The summed E-state index contributed by atoms with van der Waals surface area (Å²) < 4.78 is 4.97. The molecule has 6 nitrogen and oxygen atoms in total. The molecule has 6 heteroatoms. The van der Waals surface area contributed by atoms with E-state index in [1.54, 1.807) is 14.2 Å². The van der Waals surface area contributed by atoms with Crippen LogP contribution in [0.25, 0.3) is 0 Å². The van der Waals surface area contributed by atoms with Crippen LogP contribution >= 0.6 is 0 Å². The predicted molar refractivity (Wildman–Crippen MR) is 84.1 cm³/mol. The van der Waals surface area contributed by atoms with Crippen LogP contribution in [0.5, 0.6) is 0 Å². The highest BCUT2D eigenvalue weighted by Crippen LogP contribution is 1.96. The molecule has 0 saturated carbocycles. The molecule has 1 aromatic carbocycles. The summed E-state index contributed by atoms with van der Waals surface area (Å²) in [5.41, 5.74) is 1.08. The zero-order valence-corrected chi connectivity index (χ0v) is 12.7. The molecule has 0 atom stereocenters. The summed E-state index contributed by atoms with van der Waals surface area (Å²) in [4.78, 5) is 15.8. The molecule has 1 amide bonds. The summed E-state index contributed by atoms with van der Waals surface area (Å²) in [5.74, 6) is 0.541. The fourth-order valence-electron chi connectivity index (χ4n) is 1.67. The molecule has 0 radical (unpaired) electrons. The third-order valence-electron chi connectivity index (χ3n) is 2.79. The molecule has 3 N–H and O–H groups in total. The highest BCUT2D eigenvalue weighted by atomic mass is 16.5. The maximum Gasteiger partial charge on any atom is 0.239 e. The number of hydrogen-bond acceptors (Lipinski definition) is 3. The van der Waals surface area contributed by atoms with Crippen LogP contribution in [-0.4, -0.2) is 45.7 Å². The number of aliphatic imine (C=N–C) groups is 1. The number of amides is 1. The van der Waals surface area contributed by atoms with Gasteiger partial charge in [0.05, 0.1) is 6.54 Å². The first-order chi connectivity index (χ1) is 10.3. The summed E-state index contributed by atoms with van der Waals surface area (Å²) in [6.07, 6.45) is 0.886. The van der Waals surface area contributed by atoms with E-state index in [9.17, 15) is 4.79 Å². The number of nitrogens with zero attached hydrogens (tertiary/aromatic N) is 1. The van der Waals surface area contributed by atoms with Crippen molar-refractivity contribution < 1.29 is 9.53 Å². The van der Waals surface area contributed by atoms with Crippen molar-refractivity contribution in [1.82, 2.24) is 16.0 Å². The second-order valence-corrected chi connectivity index (χ2v) is 4.46. The lowest BCUT2D eigenvalue weighted by atomic mass is 10.2. The van der Waals surface area contributed by atoms with Crippen LogP contribution in [-0.2, 0) is 16.1 Å². The Morgan fingerprint density at radius 3 is 2.62 bits per heavy atom. The normalized spacial score (nSPS) is 11.0. The highest BCUT2D eigenvalue weighted by molar-refractivity contribution is 5.86. The lowest BCUT2D eigenvalue weighted by Gasteiger charge is -2.11. The van der Waals surface area contributed by atoms with Crippen molar-refractivity contribution in [3.05, 3.63) is 35.9 Å². The van der Waals surface area contributed by atoms with E-state index in [0.29, 0.717) is 19.1 Å². The molecule has 0 spiro atoms. The van der Waals surface area contributed by atoms with Gasteiger partial charge in [-0.1, -0.05) is 30.3 Å². The molecule has 1 rings (SSSR count). The molecule has 0 bridgehead atoms. The second kappa shape index (κ2) is 10.7. The van der Waals surface area contributed by atoms with E-state index in [4.69, 9.17) is 4.74 Å². The summed E-state index contributed by atoms with van der Waals surface area (Å²) in [7, 11) is 3.34. The molecule has 21 heavy (non-hydrogen) atoms. The van der Waals surface area contributed by atoms with Crippen molar-refractivity contribution in [3.63, 3.8) is 0 Å². The Balaban J connectivity index is 2.18. The van der Waals surface area contributed by atoms with Crippen LogP contribution in [0.15, 0.2) is 35.3 Å². The fraction of sp³-hybridized carbons (Fsp3) is 0.467. The van der Waals surface area contributed by atoms with E-state index in [0.717, 1.165) is 18.5 Å². The van der Waals surface area contributed by atoms with E-state index in [1.807, 2.05) is 30.3 Å². The van der Waals surface area contributed by atoms with Crippen molar-refractivity contribution >= 4 is 11.9 Å². The lowest BCUT2D eigenvalue weighted by molar-refractivity contribution is -0.120. The minimum Gasteiger partial charge on any atom is -0.385 e. The van der Waals surface area contributed by atoms with Gasteiger partial charge in [0.25, 0.3) is 0 Å². The van der Waals surface area contributed by atoms with Gasteiger partial charge >= 0.3 is 0 Å². The SMILES string of the molecule is CN=C(NCCCOC)NCC(=O)NCc1ccccc1. The Bertz CT molecular complexity index is 435. The molecule has 1 aromatic rings. The third-order valence-corrected chi connectivity index (χ3v) is 2.79. The zero-order chi connectivity index (χ0) is 15.3. The van der Waals surface area contributed by atoms with Gasteiger partial charge in [0.2, 0.25) is 5.91 Å². The molecule has 0 saturated heterocycles. The summed E-state index contributed by atoms with van der Waals surface area (Å²) in [6, 6.07) is 9.80. The quantitative estimate of drug-likeness (QED) is 0.371. The number of methoxy groups -OCH3 is 1. The number of ether oxygens (including phenoxy) is 1. The molecule has 0 aliphatic carbocycles. The standard InChI is InChI=1S/C15H24N4O2/c1-16-15(17-9-6-10-21-2)19-12-14(20)18-11-13-7-4-3-5-8-13/h3-5,7-8H,6,9-12H2,1-2H3,(H,18,20)(H2,16,17,19). The van der Waals surface area contributed by atoms with Gasteiger partial charge in [-0.3, -0.25) is 9.79 Å². The van der Waals surface area contributed by atoms with Crippen molar-refractivity contribution in [1.29, 1.82) is 0 Å². The predicted octanol–water partition coefficient (Wildman–Crippen LogP) is 0.504. The molecule has 0 aromatic heterocycles. The van der Waals surface area contributed by atoms with E-state index in [2.05, 4.69) is 20.9 Å². The van der Waals surface area contributed by atoms with E-state index >= 15 is 0 Å². The van der Waals surface area contributed by atoms with Gasteiger partial charge in [-0.25, -0.2) is 0 Å². The minimum atomic E-state index is -0.0707. The number of carbonyl (C=O) groups is 1. The molecular weight excluding hydrogens is 268 g/mol. The van der Waals surface area contributed by atoms with Gasteiger partial charge in [-0.05, 0) is 12.0 Å². The molecular formula is C15H24N4O2. The molecule has 0 fully saturated rings. The third kappa shape index (κ3) is 7.94. The number of carbonyl (C=O) groups excluding carboxylic acids is 1. The van der Waals surface area contributed by atoms with Gasteiger partial charge in [-0.15, -0.1) is 0 Å². The van der Waals surface area contributed by atoms with E-state index < -0.39 is 0 Å². The molecule has 0 aliphatic rings. The smallest absolute Gasteiger partial charge is 0.239 e. The minimum absolute atomic E-state index is 0.0707. The van der Waals surface area contributed by atoms with Gasteiger partial charge in [0, 0.05) is 33.9 Å². The van der Waals surface area contributed by atoms with Crippen LogP contribution in [0.4, 0.5) is 0 Å². The molecule has 0 heterocycles. The number of nitrogens with one attached hydrogen (secondary N) is 3. The first-order valence-corrected chi connectivity index (χ1v) is 7.00. The Labute approximate surface area is 126 Å². The van der Waals surface area contributed by atoms with Crippen LogP contribution < -0.4 is 16.0 Å². The van der Waals surface area contributed by atoms with E-state index in [-0.39, 0.29) is 12.5 Å². The van der Waals surface area contributed by atoms with Crippen molar-refractivity contribution in [2.75, 3.05) is 33.9 Å². The summed E-state index contributed by atoms with van der Waals surface area (Å²) in [5, 5.41) is 8.93. The van der Waals surface area contributed by atoms with Crippen LogP contribution in [0.3, 0.4) is 0 Å². The average molecular weight is 292 g/mol. The maximum atomic E-state index is 11.7. The number of guanidine groups is 1. The van der Waals surface area contributed by atoms with Crippen molar-refractivity contribution in [2.24, 2.45) is 4.99 Å². The second-order valence-electron chi connectivity index (χ2n) is 4.46. The Hall–Kier alpha value is -2.08. The molecule has 0 aliphatic heterocycles. The maximum absolute atomic E-state index is 11.7. The largest absolute Gasteiger partial charge is 0.385 e. The Morgan fingerprint density at radius 1 is 1.19 bits per heavy atom. The highest BCUT2D eigenvalue weighted by Gasteiger charge is 2.03. The molecule has 116 valence electrons. The van der Waals surface area contributed by atoms with Crippen LogP contribution in [0.2, 0.25) is 0 Å². The Morgan fingerprint density at radius 2 is 1.95 bits per heavy atom. The molecule has 0 unspecified atom stereocenters. The average Bonchev–Trinajstić information content (AvgIpc) is 2.53. The first kappa shape index (κ1) is 17.0. The fourth-order valence-corrected chi connectivity index (χ4v) is 1.67. The summed E-state index contributed by atoms with van der Waals surface area (Å²) >= 11 is 0. The lowest BCUT2D eigenvalue weighted by Crippen LogP contribution is -2.43. The van der Waals surface area contributed by atoms with Gasteiger partial charge < -0.3 is 20.7 Å². The van der Waals surface area contributed by atoms with E-state index in [1.165, 1.54) is 0 Å². The first-order valence-electron chi connectivity index (χ1n) is 7.00. The van der Waals surface area contributed by atoms with Crippen molar-refractivity contribution in [3.8, 4) is 0 Å². The number of hydrogen-bond donors (Lipinski definition) is 3. The van der Waals surface area contributed by atoms with Crippen LogP contribution in [0, 0.1) is 0 Å². The van der Waals surface area contributed by atoms with Crippen LogP contribution in [0.1, 0.15) is 12.0 Å². The topological polar surface area (TPSA) is 74.8 Å². The van der Waals surface area contributed by atoms with Gasteiger partial charge in [0.15, 0.2) is 5.96 Å². The Kier molecular flexibility index (Phi) is 8.63. The summed E-state index contributed by atoms with van der Waals surface area (Å²) in [6.45, 7) is 2.17. The van der Waals surface area contributed by atoms with Gasteiger partial charge in [0.1, 0.15) is 0 Å². The monoisotopic (exact) mass is 292 g/mol. The zero-order valence-electron chi connectivity index (χ0n) is 12.7. The van der Waals surface area contributed by atoms with Crippen molar-refractivity contribution in [2.45, 2.75) is 13.0 Å². The van der Waals surface area contributed by atoms with Gasteiger partial charge in [-0.2, -0.15) is 0 Å².